The van der Waals surface area contributed by atoms with Crippen molar-refractivity contribution in [2.75, 3.05) is 6.54 Å². The summed E-state index contributed by atoms with van der Waals surface area (Å²) in [5.41, 5.74) is 1.38. The molecule has 0 atom stereocenters. The normalized spacial score (nSPS) is 14.8. The van der Waals surface area contributed by atoms with Gasteiger partial charge in [0, 0.05) is 16.3 Å². The Balaban J connectivity index is 2.51. The first-order chi connectivity index (χ1) is 9.40. The Hall–Kier alpha value is -1.16. The second kappa shape index (κ2) is 5.68. The van der Waals surface area contributed by atoms with E-state index in [0.29, 0.717) is 17.7 Å². The first-order valence-corrected chi connectivity index (χ1v) is 8.24. The molecule has 0 bridgehead atoms. The average Bonchev–Trinajstić information content (AvgIpc) is 2.87. The quantitative estimate of drug-likeness (QED) is 0.755. The number of hydrogen-bond donors (Lipinski definition) is 0. The Morgan fingerprint density at radius 2 is 1.40 bits per heavy atom. The van der Waals surface area contributed by atoms with Crippen molar-refractivity contribution in [3.63, 3.8) is 0 Å². The van der Waals surface area contributed by atoms with Crippen LogP contribution in [0, 0.1) is 0 Å². The maximum Gasteiger partial charge on any atom is 0.262 e. The standard InChI is InChI=1S/C16H23NO2S/c1-6-7-8-17-15(18)11-12(16(17)19)14(10(4)5)20-13(11)9(2)3/h9-10H,6-8H2,1-5H3. The van der Waals surface area contributed by atoms with Gasteiger partial charge in [-0.3, -0.25) is 14.5 Å². The van der Waals surface area contributed by atoms with Crippen molar-refractivity contribution in [2.24, 2.45) is 0 Å². The Kier molecular flexibility index (Phi) is 4.33. The molecular weight excluding hydrogens is 270 g/mol. The van der Waals surface area contributed by atoms with Crippen molar-refractivity contribution in [1.82, 2.24) is 4.90 Å². The fourth-order valence-corrected chi connectivity index (χ4v) is 3.88. The van der Waals surface area contributed by atoms with Crippen molar-refractivity contribution < 1.29 is 9.59 Å². The average molecular weight is 293 g/mol. The predicted molar refractivity (Wildman–Crippen MR) is 82.8 cm³/mol. The molecule has 0 aromatic carbocycles. The summed E-state index contributed by atoms with van der Waals surface area (Å²) in [6, 6.07) is 0. The Morgan fingerprint density at radius 1 is 0.950 bits per heavy atom. The predicted octanol–water partition coefficient (Wildman–Crippen LogP) is 4.39. The first-order valence-electron chi connectivity index (χ1n) is 7.42. The third-order valence-corrected chi connectivity index (χ3v) is 5.46. The van der Waals surface area contributed by atoms with Crippen LogP contribution in [-0.2, 0) is 0 Å². The van der Waals surface area contributed by atoms with Crippen LogP contribution in [0.3, 0.4) is 0 Å². The van der Waals surface area contributed by atoms with Gasteiger partial charge in [0.2, 0.25) is 0 Å². The van der Waals surface area contributed by atoms with Gasteiger partial charge in [-0.1, -0.05) is 41.0 Å². The van der Waals surface area contributed by atoms with Crippen LogP contribution >= 0.6 is 11.3 Å². The monoisotopic (exact) mass is 293 g/mol. The first kappa shape index (κ1) is 15.2. The number of carbonyl (C=O) groups excluding carboxylic acids is 2. The lowest BCUT2D eigenvalue weighted by Crippen LogP contribution is -2.31. The third-order valence-electron chi connectivity index (χ3n) is 3.66. The molecule has 4 heteroatoms. The van der Waals surface area contributed by atoms with Gasteiger partial charge in [-0.05, 0) is 18.3 Å². The molecule has 0 radical (unpaired) electrons. The number of amides is 2. The second-order valence-corrected chi connectivity index (χ2v) is 7.09. The fourth-order valence-electron chi connectivity index (χ4n) is 2.59. The molecule has 1 aromatic heterocycles. The van der Waals surface area contributed by atoms with Crippen LogP contribution in [-0.4, -0.2) is 23.3 Å². The van der Waals surface area contributed by atoms with Gasteiger partial charge in [0.05, 0.1) is 11.1 Å². The molecule has 0 saturated heterocycles. The van der Waals surface area contributed by atoms with E-state index in [-0.39, 0.29) is 23.7 Å². The van der Waals surface area contributed by atoms with Crippen LogP contribution in [0.5, 0.6) is 0 Å². The smallest absolute Gasteiger partial charge is 0.262 e. The molecule has 0 unspecified atom stereocenters. The van der Waals surface area contributed by atoms with Crippen molar-refractivity contribution in [1.29, 1.82) is 0 Å². The van der Waals surface area contributed by atoms with E-state index >= 15 is 0 Å². The van der Waals surface area contributed by atoms with Crippen LogP contribution in [0.4, 0.5) is 0 Å². The zero-order chi connectivity index (χ0) is 15.0. The van der Waals surface area contributed by atoms with E-state index in [1.165, 1.54) is 4.90 Å². The summed E-state index contributed by atoms with van der Waals surface area (Å²) >= 11 is 1.64. The van der Waals surface area contributed by atoms with Crippen LogP contribution in [0.1, 0.15) is 89.8 Å². The lowest BCUT2D eigenvalue weighted by molar-refractivity contribution is 0.0651. The van der Waals surface area contributed by atoms with E-state index in [4.69, 9.17) is 0 Å². The molecule has 0 spiro atoms. The van der Waals surface area contributed by atoms with Gasteiger partial charge in [-0.25, -0.2) is 0 Å². The fraction of sp³-hybridized carbons (Fsp3) is 0.625. The lowest BCUT2D eigenvalue weighted by atomic mass is 10.0. The van der Waals surface area contributed by atoms with Gasteiger partial charge in [0.25, 0.3) is 11.8 Å². The highest BCUT2D eigenvalue weighted by Crippen LogP contribution is 2.42. The van der Waals surface area contributed by atoms with E-state index < -0.39 is 0 Å². The Morgan fingerprint density at radius 3 is 1.75 bits per heavy atom. The summed E-state index contributed by atoms with van der Waals surface area (Å²) in [6.07, 6.45) is 1.86. The highest BCUT2D eigenvalue weighted by molar-refractivity contribution is 7.13. The number of hydrogen-bond acceptors (Lipinski definition) is 3. The topological polar surface area (TPSA) is 37.4 Å². The highest BCUT2D eigenvalue weighted by Gasteiger charge is 2.41. The molecule has 1 aliphatic heterocycles. The number of rotatable bonds is 5. The van der Waals surface area contributed by atoms with Crippen LogP contribution in [0.2, 0.25) is 0 Å². The SMILES string of the molecule is CCCCN1C(=O)c2c(C(C)C)sc(C(C)C)c2C1=O. The van der Waals surface area contributed by atoms with Crippen molar-refractivity contribution in [3.05, 3.63) is 20.9 Å². The Labute approximate surface area is 125 Å². The number of thiophene rings is 1. The molecule has 2 amide bonds. The van der Waals surface area contributed by atoms with E-state index in [1.807, 2.05) is 0 Å². The van der Waals surface area contributed by atoms with E-state index in [2.05, 4.69) is 34.6 Å². The highest BCUT2D eigenvalue weighted by atomic mass is 32.1. The molecule has 0 fully saturated rings. The number of nitrogens with zero attached hydrogens (tertiary/aromatic N) is 1. The van der Waals surface area contributed by atoms with E-state index in [9.17, 15) is 9.59 Å². The summed E-state index contributed by atoms with van der Waals surface area (Å²) in [5.74, 6) is 0.406. The Bertz CT molecular complexity index is 500. The van der Waals surface area contributed by atoms with Gasteiger partial charge >= 0.3 is 0 Å². The molecule has 0 N–H and O–H groups in total. The molecule has 2 rings (SSSR count). The summed E-state index contributed by atoms with van der Waals surface area (Å²) < 4.78 is 0. The second-order valence-electron chi connectivity index (χ2n) is 6.01. The van der Waals surface area contributed by atoms with Gasteiger partial charge < -0.3 is 0 Å². The van der Waals surface area contributed by atoms with Crippen molar-refractivity contribution >= 4 is 23.2 Å². The molecule has 0 aliphatic carbocycles. The molecule has 0 saturated carbocycles. The van der Waals surface area contributed by atoms with Crippen LogP contribution in [0.15, 0.2) is 0 Å². The van der Waals surface area contributed by atoms with Gasteiger partial charge in [0.1, 0.15) is 0 Å². The zero-order valence-corrected chi connectivity index (χ0v) is 13.8. The molecule has 1 aliphatic rings. The largest absolute Gasteiger partial charge is 0.274 e. The summed E-state index contributed by atoms with van der Waals surface area (Å²) in [4.78, 5) is 28.8. The number of unbranched alkanes of at least 4 members (excludes halogenated alkanes) is 1. The lowest BCUT2D eigenvalue weighted by Gasteiger charge is -2.15. The zero-order valence-electron chi connectivity index (χ0n) is 12.9. The maximum absolute atomic E-state index is 12.6. The van der Waals surface area contributed by atoms with Gasteiger partial charge in [0.15, 0.2) is 0 Å². The van der Waals surface area contributed by atoms with Gasteiger partial charge in [-0.15, -0.1) is 11.3 Å². The number of fused-ring (bicyclic) bond motifs is 1. The maximum atomic E-state index is 12.6. The van der Waals surface area contributed by atoms with E-state index in [1.54, 1.807) is 11.3 Å². The molecule has 1 aromatic rings. The van der Waals surface area contributed by atoms with Crippen LogP contribution < -0.4 is 0 Å². The van der Waals surface area contributed by atoms with Crippen LogP contribution in [0.25, 0.3) is 0 Å². The molecular formula is C16H23NO2S. The number of carbonyl (C=O) groups is 2. The molecule has 110 valence electrons. The van der Waals surface area contributed by atoms with Crippen molar-refractivity contribution in [3.8, 4) is 0 Å². The summed E-state index contributed by atoms with van der Waals surface area (Å²) in [6.45, 7) is 11.0. The summed E-state index contributed by atoms with van der Waals surface area (Å²) in [5, 5.41) is 0. The molecule has 2 heterocycles. The minimum atomic E-state index is -0.0784. The van der Waals surface area contributed by atoms with Gasteiger partial charge in [-0.2, -0.15) is 0 Å². The summed E-state index contributed by atoms with van der Waals surface area (Å²) in [7, 11) is 0. The van der Waals surface area contributed by atoms with Crippen molar-refractivity contribution in [2.45, 2.75) is 59.3 Å². The number of imide groups is 1. The van der Waals surface area contributed by atoms with E-state index in [0.717, 1.165) is 22.6 Å². The minimum absolute atomic E-state index is 0.0784. The molecule has 20 heavy (non-hydrogen) atoms. The minimum Gasteiger partial charge on any atom is -0.274 e. The third kappa shape index (κ3) is 2.30. The molecule has 3 nitrogen and oxygen atoms in total.